The van der Waals surface area contributed by atoms with Crippen LogP contribution in [0.2, 0.25) is 5.02 Å². The Morgan fingerprint density at radius 3 is 2.42 bits per heavy atom. The van der Waals surface area contributed by atoms with Crippen molar-refractivity contribution >= 4 is 27.5 Å². The molecule has 0 unspecified atom stereocenters. The normalized spacial score (nSPS) is 11.6. The average Bonchev–Trinajstić information content (AvgIpc) is 2.57. The molecule has 0 radical (unpaired) electrons. The molecule has 0 bridgehead atoms. The van der Waals surface area contributed by atoms with E-state index in [4.69, 9.17) is 11.6 Å². The summed E-state index contributed by atoms with van der Waals surface area (Å²) in [5, 5.41) is 3.28. The Bertz CT molecular complexity index is 897. The molecule has 0 aliphatic rings. The molecule has 1 amide bonds. The minimum absolute atomic E-state index is 0.165. The van der Waals surface area contributed by atoms with E-state index in [1.54, 1.807) is 24.3 Å². The Hall–Kier alpha value is -1.89. The zero-order valence-electron chi connectivity index (χ0n) is 15.1. The summed E-state index contributed by atoms with van der Waals surface area (Å²) >= 11 is 6.12. The van der Waals surface area contributed by atoms with E-state index in [1.807, 2.05) is 32.0 Å². The first-order valence-corrected chi connectivity index (χ1v) is 10.4. The van der Waals surface area contributed by atoms with E-state index in [-0.39, 0.29) is 25.5 Å². The number of benzene rings is 2. The van der Waals surface area contributed by atoms with Crippen molar-refractivity contribution in [2.45, 2.75) is 20.4 Å². The van der Waals surface area contributed by atoms with Gasteiger partial charge in [0.15, 0.2) is 0 Å². The molecule has 2 rings (SSSR count). The Morgan fingerprint density at radius 1 is 1.12 bits per heavy atom. The van der Waals surface area contributed by atoms with Gasteiger partial charge in [-0.15, -0.1) is 0 Å². The Labute approximate surface area is 160 Å². The molecule has 1 N–H and O–H groups in total. The van der Waals surface area contributed by atoms with Crippen molar-refractivity contribution in [1.29, 1.82) is 0 Å². The highest BCUT2D eigenvalue weighted by Crippen LogP contribution is 2.18. The first-order chi connectivity index (χ1) is 12.2. The molecule has 7 heteroatoms. The Balaban J connectivity index is 2.00. The number of amides is 1. The number of nitrogens with zero attached hydrogens (tertiary/aromatic N) is 1. The largest absolute Gasteiger partial charge is 0.351 e. The Morgan fingerprint density at radius 2 is 1.81 bits per heavy atom. The highest BCUT2D eigenvalue weighted by atomic mass is 35.5. The van der Waals surface area contributed by atoms with Gasteiger partial charge in [0.05, 0.1) is 6.26 Å². The van der Waals surface area contributed by atoms with Crippen LogP contribution in [0.1, 0.15) is 27.0 Å². The monoisotopic (exact) mass is 394 g/mol. The van der Waals surface area contributed by atoms with Gasteiger partial charge in [-0.1, -0.05) is 35.9 Å². The highest BCUT2D eigenvalue weighted by molar-refractivity contribution is 7.88. The van der Waals surface area contributed by atoms with Crippen LogP contribution in [0.5, 0.6) is 0 Å². The minimum Gasteiger partial charge on any atom is -0.351 e. The fraction of sp³-hybridized carbons (Fsp3) is 0.316. The maximum atomic E-state index is 12.3. The highest BCUT2D eigenvalue weighted by Gasteiger charge is 2.18. The van der Waals surface area contributed by atoms with Gasteiger partial charge in [0.25, 0.3) is 5.91 Å². The van der Waals surface area contributed by atoms with Crippen LogP contribution in [-0.4, -0.2) is 38.0 Å². The second kappa shape index (κ2) is 8.66. The predicted octanol–water partition coefficient (Wildman–Crippen LogP) is 3.15. The van der Waals surface area contributed by atoms with E-state index in [0.29, 0.717) is 10.6 Å². The van der Waals surface area contributed by atoms with E-state index in [0.717, 1.165) is 22.9 Å². The number of halogens is 1. The van der Waals surface area contributed by atoms with Crippen LogP contribution in [-0.2, 0) is 16.6 Å². The van der Waals surface area contributed by atoms with Gasteiger partial charge in [-0.3, -0.25) is 4.79 Å². The summed E-state index contributed by atoms with van der Waals surface area (Å²) in [4.78, 5) is 12.3. The molecule has 0 saturated heterocycles. The second-order valence-corrected chi connectivity index (χ2v) is 8.63. The van der Waals surface area contributed by atoms with Crippen LogP contribution in [0.4, 0.5) is 0 Å². The van der Waals surface area contributed by atoms with Crippen LogP contribution < -0.4 is 5.32 Å². The molecule has 0 aromatic heterocycles. The third kappa shape index (κ3) is 5.56. The molecule has 0 aliphatic heterocycles. The van der Waals surface area contributed by atoms with Gasteiger partial charge in [-0.2, -0.15) is 4.31 Å². The predicted molar refractivity (Wildman–Crippen MR) is 105 cm³/mol. The number of aryl methyl sites for hydroxylation is 2. The first kappa shape index (κ1) is 20.4. The molecule has 0 spiro atoms. The van der Waals surface area contributed by atoms with Gasteiger partial charge < -0.3 is 5.32 Å². The van der Waals surface area contributed by atoms with Gasteiger partial charge in [0, 0.05) is 30.2 Å². The summed E-state index contributed by atoms with van der Waals surface area (Å²) in [5.41, 5.74) is 3.43. The molecule has 2 aromatic rings. The third-order valence-corrected chi connectivity index (χ3v) is 5.81. The first-order valence-electron chi connectivity index (χ1n) is 8.22. The molecule has 0 aliphatic carbocycles. The van der Waals surface area contributed by atoms with Crippen LogP contribution in [0.15, 0.2) is 42.5 Å². The molecule has 0 saturated carbocycles. The minimum atomic E-state index is -3.43. The summed E-state index contributed by atoms with van der Waals surface area (Å²) in [5.74, 6) is -0.223. The van der Waals surface area contributed by atoms with E-state index >= 15 is 0 Å². The molecular formula is C19H23ClN2O3S. The van der Waals surface area contributed by atoms with Gasteiger partial charge in [-0.25, -0.2) is 8.42 Å². The van der Waals surface area contributed by atoms with Gasteiger partial charge in [0.2, 0.25) is 10.0 Å². The lowest BCUT2D eigenvalue weighted by Crippen LogP contribution is -2.37. The van der Waals surface area contributed by atoms with Crippen molar-refractivity contribution in [2.75, 3.05) is 19.3 Å². The molecule has 140 valence electrons. The summed E-state index contributed by atoms with van der Waals surface area (Å²) in [6.07, 6.45) is 1.15. The number of carbonyl (C=O) groups is 1. The third-order valence-electron chi connectivity index (χ3n) is 4.19. The average molecular weight is 395 g/mol. The molecule has 26 heavy (non-hydrogen) atoms. The zero-order chi connectivity index (χ0) is 19.3. The van der Waals surface area contributed by atoms with E-state index < -0.39 is 10.0 Å². The van der Waals surface area contributed by atoms with Gasteiger partial charge >= 0.3 is 0 Å². The molecule has 5 nitrogen and oxygen atoms in total. The standard InChI is InChI=1S/C19H23ClN2O3S/c1-14-8-9-16(12-15(14)2)19(23)21-10-11-22(26(3,24)25)13-17-6-4-5-7-18(17)20/h4-9,12H,10-11,13H2,1-3H3,(H,21,23). The topological polar surface area (TPSA) is 66.5 Å². The van der Waals surface area contributed by atoms with Crippen molar-refractivity contribution in [3.63, 3.8) is 0 Å². The second-order valence-electron chi connectivity index (χ2n) is 6.24. The van der Waals surface area contributed by atoms with Crippen LogP contribution in [0.3, 0.4) is 0 Å². The lowest BCUT2D eigenvalue weighted by Gasteiger charge is -2.21. The van der Waals surface area contributed by atoms with E-state index in [2.05, 4.69) is 5.32 Å². The van der Waals surface area contributed by atoms with Gasteiger partial charge in [-0.05, 0) is 48.7 Å². The van der Waals surface area contributed by atoms with Crippen LogP contribution in [0.25, 0.3) is 0 Å². The molecule has 0 heterocycles. The fourth-order valence-electron chi connectivity index (χ4n) is 2.46. The summed E-state index contributed by atoms with van der Waals surface area (Å²) < 4.78 is 25.4. The summed E-state index contributed by atoms with van der Waals surface area (Å²) in [6.45, 7) is 4.47. The number of rotatable bonds is 7. The number of hydrogen-bond acceptors (Lipinski definition) is 3. The number of nitrogens with one attached hydrogen (secondary N) is 1. The van der Waals surface area contributed by atoms with Crippen molar-refractivity contribution in [1.82, 2.24) is 9.62 Å². The fourth-order valence-corrected chi connectivity index (χ4v) is 3.45. The summed E-state index contributed by atoms with van der Waals surface area (Å²) in [7, 11) is -3.43. The molecule has 0 atom stereocenters. The number of carbonyl (C=O) groups excluding carboxylic acids is 1. The maximum absolute atomic E-state index is 12.3. The molecular weight excluding hydrogens is 372 g/mol. The smallest absolute Gasteiger partial charge is 0.251 e. The van der Waals surface area contributed by atoms with Crippen molar-refractivity contribution < 1.29 is 13.2 Å². The van der Waals surface area contributed by atoms with Crippen molar-refractivity contribution in [3.8, 4) is 0 Å². The lowest BCUT2D eigenvalue weighted by molar-refractivity contribution is 0.0951. The molecule has 0 fully saturated rings. The quantitative estimate of drug-likeness (QED) is 0.784. The molecule has 2 aromatic carbocycles. The number of hydrogen-bond donors (Lipinski definition) is 1. The van der Waals surface area contributed by atoms with Gasteiger partial charge in [0.1, 0.15) is 0 Å². The Kier molecular flexibility index (Phi) is 6.81. The van der Waals surface area contributed by atoms with Crippen molar-refractivity contribution in [3.05, 3.63) is 69.7 Å². The SMILES string of the molecule is Cc1ccc(C(=O)NCCN(Cc2ccccc2Cl)S(C)(=O)=O)cc1C. The zero-order valence-corrected chi connectivity index (χ0v) is 16.7. The van der Waals surface area contributed by atoms with Crippen molar-refractivity contribution in [2.24, 2.45) is 0 Å². The maximum Gasteiger partial charge on any atom is 0.251 e. The van der Waals surface area contributed by atoms with Crippen LogP contribution in [0, 0.1) is 13.8 Å². The van der Waals surface area contributed by atoms with E-state index in [9.17, 15) is 13.2 Å². The lowest BCUT2D eigenvalue weighted by atomic mass is 10.1. The number of sulfonamides is 1. The van der Waals surface area contributed by atoms with Crippen LogP contribution >= 0.6 is 11.6 Å². The summed E-state index contributed by atoms with van der Waals surface area (Å²) in [6, 6.07) is 12.6. The van der Waals surface area contributed by atoms with E-state index in [1.165, 1.54) is 4.31 Å².